The van der Waals surface area contributed by atoms with E-state index in [0.29, 0.717) is 10.3 Å². The molecule has 1 heterocycles. The third-order valence-corrected chi connectivity index (χ3v) is 2.53. The second-order valence-electron chi connectivity index (χ2n) is 4.52. The highest BCUT2D eigenvalue weighted by molar-refractivity contribution is 9.10. The fourth-order valence-electron chi connectivity index (χ4n) is 0.971. The van der Waals surface area contributed by atoms with Gasteiger partial charge in [-0.1, -0.05) is 0 Å². The van der Waals surface area contributed by atoms with E-state index in [1.54, 1.807) is 32.9 Å². The molecule has 16 heavy (non-hydrogen) atoms. The first kappa shape index (κ1) is 13.0. The van der Waals surface area contributed by atoms with Crippen LogP contribution in [0.2, 0.25) is 0 Å². The van der Waals surface area contributed by atoms with Crippen molar-refractivity contribution >= 4 is 27.7 Å². The molecule has 0 aliphatic heterocycles. The highest BCUT2D eigenvalue weighted by atomic mass is 79.9. The number of nitrogens with zero attached hydrogens (tertiary/aromatic N) is 1. The lowest BCUT2D eigenvalue weighted by Crippen LogP contribution is -2.32. The Hall–Kier alpha value is -1.10. The molecule has 0 N–H and O–H groups in total. The molecule has 0 saturated heterocycles. The number of carbonyl (C=O) groups excluding carboxylic acids is 2. The summed E-state index contributed by atoms with van der Waals surface area (Å²) in [6.07, 6.45) is 0. The maximum atomic E-state index is 11.7. The van der Waals surface area contributed by atoms with Crippen LogP contribution >= 0.6 is 15.9 Å². The molecule has 0 bridgehead atoms. The van der Waals surface area contributed by atoms with Crippen molar-refractivity contribution in [1.82, 2.24) is 4.73 Å². The Morgan fingerprint density at radius 3 is 2.31 bits per heavy atom. The number of hydrogen-bond acceptors (Lipinski definition) is 3. The van der Waals surface area contributed by atoms with Gasteiger partial charge in [-0.3, -0.25) is 4.79 Å². The molecular formula is C11H14BrNO3. The molecule has 0 unspecified atom stereocenters. The van der Waals surface area contributed by atoms with Gasteiger partial charge in [0, 0.05) is 6.92 Å². The summed E-state index contributed by atoms with van der Waals surface area (Å²) in [4.78, 5) is 28.1. The highest BCUT2D eigenvalue weighted by Crippen LogP contribution is 2.18. The summed E-state index contributed by atoms with van der Waals surface area (Å²) in [6.45, 7) is 6.67. The fraction of sp³-hybridized carbons (Fsp3) is 0.455. The molecule has 0 saturated carbocycles. The van der Waals surface area contributed by atoms with Gasteiger partial charge >= 0.3 is 5.97 Å². The third kappa shape index (κ3) is 2.72. The van der Waals surface area contributed by atoms with Crippen molar-refractivity contribution in [3.05, 3.63) is 22.4 Å². The molecule has 5 heteroatoms. The van der Waals surface area contributed by atoms with Crippen molar-refractivity contribution in [2.24, 2.45) is 5.41 Å². The average molecular weight is 288 g/mol. The molecule has 0 aliphatic carbocycles. The number of halogens is 1. The normalized spacial score (nSPS) is 11.3. The number of ketones is 1. The van der Waals surface area contributed by atoms with Gasteiger partial charge in [0.25, 0.3) is 0 Å². The van der Waals surface area contributed by atoms with Crippen molar-refractivity contribution in [3.63, 3.8) is 0 Å². The molecular weight excluding hydrogens is 274 g/mol. The van der Waals surface area contributed by atoms with Crippen molar-refractivity contribution in [3.8, 4) is 0 Å². The molecule has 0 aromatic carbocycles. The summed E-state index contributed by atoms with van der Waals surface area (Å²) in [5.41, 5.74) is -0.276. The minimum atomic E-state index is -0.613. The molecule has 88 valence electrons. The van der Waals surface area contributed by atoms with Gasteiger partial charge in [0.1, 0.15) is 10.3 Å². The van der Waals surface area contributed by atoms with E-state index in [2.05, 4.69) is 15.9 Å². The number of Topliss-reactive ketones (excluding diaryl/α,β-unsaturated/α-hetero) is 1. The molecule has 0 atom stereocenters. The first-order chi connectivity index (χ1) is 7.23. The zero-order chi connectivity index (χ0) is 12.5. The van der Waals surface area contributed by atoms with Crippen LogP contribution in [-0.2, 0) is 4.79 Å². The first-order valence-corrected chi connectivity index (χ1v) is 5.63. The van der Waals surface area contributed by atoms with Crippen molar-refractivity contribution in [2.75, 3.05) is 0 Å². The second-order valence-corrected chi connectivity index (χ2v) is 5.33. The zero-order valence-electron chi connectivity index (χ0n) is 9.70. The van der Waals surface area contributed by atoms with Crippen LogP contribution in [0.4, 0.5) is 0 Å². The van der Waals surface area contributed by atoms with Gasteiger partial charge in [0.15, 0.2) is 5.78 Å². The third-order valence-electron chi connectivity index (χ3n) is 1.94. The molecule has 1 aromatic rings. The van der Waals surface area contributed by atoms with E-state index >= 15 is 0 Å². The lowest BCUT2D eigenvalue weighted by atomic mass is 9.98. The lowest BCUT2D eigenvalue weighted by molar-refractivity contribution is -0.153. The smallest absolute Gasteiger partial charge is 0.335 e. The van der Waals surface area contributed by atoms with Gasteiger partial charge < -0.3 is 4.84 Å². The van der Waals surface area contributed by atoms with Gasteiger partial charge in [-0.2, -0.15) is 4.73 Å². The van der Waals surface area contributed by atoms with Gasteiger partial charge in [0.2, 0.25) is 0 Å². The molecule has 4 nitrogen and oxygen atoms in total. The molecule has 0 aliphatic rings. The van der Waals surface area contributed by atoms with Crippen LogP contribution in [-0.4, -0.2) is 16.5 Å². The maximum Gasteiger partial charge on any atom is 0.338 e. The van der Waals surface area contributed by atoms with E-state index < -0.39 is 11.4 Å². The SMILES string of the molecule is CC(=O)c1ccc(Br)n1OC(=O)C(C)(C)C. The van der Waals surface area contributed by atoms with Crippen LogP contribution in [0.15, 0.2) is 16.7 Å². The molecule has 1 aromatic heterocycles. The summed E-state index contributed by atoms with van der Waals surface area (Å²) < 4.78 is 1.74. The van der Waals surface area contributed by atoms with Crippen molar-refractivity contribution in [1.29, 1.82) is 0 Å². The molecule has 0 fully saturated rings. The Bertz CT molecular complexity index is 429. The van der Waals surface area contributed by atoms with Crippen LogP contribution in [0.3, 0.4) is 0 Å². The van der Waals surface area contributed by atoms with Crippen LogP contribution in [0.5, 0.6) is 0 Å². The Labute approximate surface area is 103 Å². The van der Waals surface area contributed by atoms with Crippen LogP contribution in [0.25, 0.3) is 0 Å². The molecule has 0 radical (unpaired) electrons. The molecule has 0 spiro atoms. The summed E-state index contributed by atoms with van der Waals surface area (Å²) in [7, 11) is 0. The van der Waals surface area contributed by atoms with Crippen LogP contribution < -0.4 is 4.84 Å². The highest BCUT2D eigenvalue weighted by Gasteiger charge is 2.26. The Morgan fingerprint density at radius 2 is 1.88 bits per heavy atom. The Balaban J connectivity index is 3.02. The second kappa shape index (κ2) is 4.41. The zero-order valence-corrected chi connectivity index (χ0v) is 11.3. The van der Waals surface area contributed by atoms with Crippen LogP contribution in [0.1, 0.15) is 38.2 Å². The van der Waals surface area contributed by atoms with Gasteiger partial charge in [-0.15, -0.1) is 0 Å². The van der Waals surface area contributed by atoms with E-state index in [1.807, 2.05) is 0 Å². The largest absolute Gasteiger partial charge is 0.338 e. The van der Waals surface area contributed by atoms with Gasteiger partial charge in [0.05, 0.1) is 5.41 Å². The minimum Gasteiger partial charge on any atom is -0.335 e. The number of hydrogen-bond donors (Lipinski definition) is 0. The van der Waals surface area contributed by atoms with E-state index in [1.165, 1.54) is 11.7 Å². The minimum absolute atomic E-state index is 0.160. The molecule has 0 amide bonds. The Kier molecular flexibility index (Phi) is 3.57. The fourth-order valence-corrected chi connectivity index (χ4v) is 1.37. The quantitative estimate of drug-likeness (QED) is 0.785. The topological polar surface area (TPSA) is 48.3 Å². The van der Waals surface area contributed by atoms with Gasteiger partial charge in [-0.25, -0.2) is 4.79 Å². The van der Waals surface area contributed by atoms with Crippen molar-refractivity contribution in [2.45, 2.75) is 27.7 Å². The predicted molar refractivity (Wildman–Crippen MR) is 63.2 cm³/mol. The summed E-state index contributed by atoms with van der Waals surface area (Å²) in [6, 6.07) is 3.26. The number of carbonyl (C=O) groups is 2. The summed E-state index contributed by atoms with van der Waals surface area (Å²) >= 11 is 3.21. The van der Waals surface area contributed by atoms with Gasteiger partial charge in [-0.05, 0) is 48.8 Å². The van der Waals surface area contributed by atoms with E-state index in [4.69, 9.17) is 4.84 Å². The molecule has 1 rings (SSSR count). The predicted octanol–water partition coefficient (Wildman–Crippen LogP) is 2.45. The standard InChI is InChI=1S/C11H14BrNO3/c1-7(14)8-5-6-9(12)13(8)16-10(15)11(2,3)4/h5-6H,1-4H3. The average Bonchev–Trinajstić information content (AvgIpc) is 2.46. The lowest BCUT2D eigenvalue weighted by Gasteiger charge is -2.17. The maximum absolute atomic E-state index is 11.7. The Morgan fingerprint density at radius 1 is 1.31 bits per heavy atom. The van der Waals surface area contributed by atoms with E-state index in [9.17, 15) is 9.59 Å². The number of aromatic nitrogens is 1. The first-order valence-electron chi connectivity index (χ1n) is 4.84. The monoisotopic (exact) mass is 287 g/mol. The van der Waals surface area contributed by atoms with E-state index in [-0.39, 0.29) is 5.78 Å². The van der Waals surface area contributed by atoms with E-state index in [0.717, 1.165) is 0 Å². The summed E-state index contributed by atoms with van der Waals surface area (Å²) in [5.74, 6) is -0.556. The van der Waals surface area contributed by atoms with Crippen LogP contribution in [0, 0.1) is 5.41 Å². The van der Waals surface area contributed by atoms with Crippen molar-refractivity contribution < 1.29 is 14.4 Å². The summed E-state index contributed by atoms with van der Waals surface area (Å²) in [5, 5.41) is 0. The number of rotatable bonds is 2.